The molecule has 0 radical (unpaired) electrons. The largest absolute Gasteiger partial charge is 0.383 e. The van der Waals surface area contributed by atoms with E-state index in [9.17, 15) is 4.79 Å². The number of anilines is 1. The fraction of sp³-hybridized carbons (Fsp3) is 0.692. The quantitative estimate of drug-likeness (QED) is 0.869. The van der Waals surface area contributed by atoms with Gasteiger partial charge in [0.05, 0.1) is 25.0 Å². The van der Waals surface area contributed by atoms with Crippen molar-refractivity contribution in [1.82, 2.24) is 9.78 Å². The van der Waals surface area contributed by atoms with Crippen molar-refractivity contribution in [2.24, 2.45) is 5.92 Å². The van der Waals surface area contributed by atoms with Crippen LogP contribution in [-0.2, 0) is 11.3 Å². The summed E-state index contributed by atoms with van der Waals surface area (Å²) >= 11 is 3.37. The smallest absolute Gasteiger partial charge is 0.283 e. The molecule has 1 fully saturated rings. The number of hydrogen-bond donors (Lipinski definition) is 1. The molecular weight excluding hydrogens is 310 g/mol. The summed E-state index contributed by atoms with van der Waals surface area (Å²) in [6.07, 6.45) is 4.19. The van der Waals surface area contributed by atoms with E-state index in [1.54, 1.807) is 13.3 Å². The zero-order valence-corrected chi connectivity index (χ0v) is 13.2. The molecule has 19 heavy (non-hydrogen) atoms. The second kappa shape index (κ2) is 5.63. The van der Waals surface area contributed by atoms with Crippen molar-refractivity contribution in [1.29, 1.82) is 0 Å². The number of methoxy groups -OCH3 is 1. The molecule has 1 saturated carbocycles. The highest BCUT2D eigenvalue weighted by Crippen LogP contribution is 2.41. The summed E-state index contributed by atoms with van der Waals surface area (Å²) in [6, 6.07) is 0. The van der Waals surface area contributed by atoms with Gasteiger partial charge in [-0.1, -0.05) is 0 Å². The molecule has 1 aliphatic rings. The molecule has 0 amide bonds. The van der Waals surface area contributed by atoms with Gasteiger partial charge in [-0.05, 0) is 48.5 Å². The second-order valence-electron chi connectivity index (χ2n) is 5.51. The van der Waals surface area contributed by atoms with Crippen molar-refractivity contribution in [3.05, 3.63) is 21.0 Å². The summed E-state index contributed by atoms with van der Waals surface area (Å²) in [5, 5.41) is 7.59. The van der Waals surface area contributed by atoms with Crippen molar-refractivity contribution in [3.63, 3.8) is 0 Å². The van der Waals surface area contributed by atoms with Crippen LogP contribution in [0.25, 0.3) is 0 Å². The molecule has 106 valence electrons. The van der Waals surface area contributed by atoms with E-state index in [2.05, 4.69) is 40.2 Å². The van der Waals surface area contributed by atoms with E-state index in [1.165, 1.54) is 17.5 Å². The van der Waals surface area contributed by atoms with Gasteiger partial charge in [-0.15, -0.1) is 0 Å². The Bertz CT molecular complexity index is 509. The summed E-state index contributed by atoms with van der Waals surface area (Å²) in [6.45, 7) is 5.25. The molecule has 6 heteroatoms. The summed E-state index contributed by atoms with van der Waals surface area (Å²) in [5.41, 5.74) is 0.624. The van der Waals surface area contributed by atoms with E-state index in [0.717, 1.165) is 5.69 Å². The molecule has 2 rings (SSSR count). The normalized spacial score (nSPS) is 15.6. The Balaban J connectivity index is 2.18. The minimum absolute atomic E-state index is 0.00461. The molecule has 1 heterocycles. The summed E-state index contributed by atoms with van der Waals surface area (Å²) in [5.74, 6) is 0.676. The molecule has 5 nitrogen and oxygen atoms in total. The van der Waals surface area contributed by atoms with Crippen LogP contribution in [0, 0.1) is 5.92 Å². The summed E-state index contributed by atoms with van der Waals surface area (Å²) in [4.78, 5) is 12.1. The lowest BCUT2D eigenvalue weighted by atomic mass is 9.98. The van der Waals surface area contributed by atoms with Crippen LogP contribution in [0.5, 0.6) is 0 Å². The first kappa shape index (κ1) is 14.5. The van der Waals surface area contributed by atoms with E-state index >= 15 is 0 Å². The van der Waals surface area contributed by atoms with Gasteiger partial charge in [-0.25, -0.2) is 4.68 Å². The molecule has 0 bridgehead atoms. The Labute approximate surface area is 121 Å². The van der Waals surface area contributed by atoms with E-state index < -0.39 is 0 Å². The Kier molecular flexibility index (Phi) is 4.30. The van der Waals surface area contributed by atoms with Gasteiger partial charge >= 0.3 is 0 Å². The maximum atomic E-state index is 12.1. The molecule has 1 aliphatic carbocycles. The number of halogens is 1. The molecular formula is C13H20BrN3O2. The van der Waals surface area contributed by atoms with Crippen LogP contribution >= 0.6 is 15.9 Å². The second-order valence-corrected chi connectivity index (χ2v) is 6.31. The van der Waals surface area contributed by atoms with E-state index in [-0.39, 0.29) is 11.1 Å². The van der Waals surface area contributed by atoms with Crippen LogP contribution in [0.2, 0.25) is 0 Å². The maximum Gasteiger partial charge on any atom is 0.283 e. The maximum absolute atomic E-state index is 12.1. The number of nitrogens with one attached hydrogen (secondary N) is 1. The van der Waals surface area contributed by atoms with Gasteiger partial charge in [0.2, 0.25) is 0 Å². The van der Waals surface area contributed by atoms with Gasteiger partial charge in [-0.2, -0.15) is 5.10 Å². The highest BCUT2D eigenvalue weighted by atomic mass is 79.9. The predicted octanol–water partition coefficient (Wildman–Crippen LogP) is 2.25. The molecule has 0 aliphatic heterocycles. The molecule has 1 aromatic rings. The fourth-order valence-corrected chi connectivity index (χ4v) is 2.55. The van der Waals surface area contributed by atoms with Crippen LogP contribution in [0.1, 0.15) is 26.7 Å². The monoisotopic (exact) mass is 329 g/mol. The van der Waals surface area contributed by atoms with Crippen molar-refractivity contribution >= 4 is 21.6 Å². The van der Waals surface area contributed by atoms with Gasteiger partial charge in [0, 0.05) is 12.6 Å². The summed E-state index contributed by atoms with van der Waals surface area (Å²) < 4.78 is 6.90. The minimum Gasteiger partial charge on any atom is -0.383 e. The first-order valence-corrected chi connectivity index (χ1v) is 7.27. The topological polar surface area (TPSA) is 56.1 Å². The van der Waals surface area contributed by atoms with E-state index in [1.807, 2.05) is 0 Å². The third kappa shape index (κ3) is 3.36. The van der Waals surface area contributed by atoms with Gasteiger partial charge in [-0.3, -0.25) is 4.79 Å². The van der Waals surface area contributed by atoms with Gasteiger partial charge in [0.1, 0.15) is 4.47 Å². The third-order valence-electron chi connectivity index (χ3n) is 3.55. The Morgan fingerprint density at radius 2 is 2.26 bits per heavy atom. The summed E-state index contributed by atoms with van der Waals surface area (Å²) in [7, 11) is 1.61. The Hall–Kier alpha value is -0.880. The predicted molar refractivity (Wildman–Crippen MR) is 78.5 cm³/mol. The highest BCUT2D eigenvalue weighted by molar-refractivity contribution is 9.10. The molecule has 0 unspecified atom stereocenters. The Morgan fingerprint density at radius 1 is 1.58 bits per heavy atom. The van der Waals surface area contributed by atoms with Crippen LogP contribution in [0.15, 0.2) is 15.5 Å². The van der Waals surface area contributed by atoms with Crippen LogP contribution < -0.4 is 10.9 Å². The zero-order chi connectivity index (χ0) is 14.0. The zero-order valence-electron chi connectivity index (χ0n) is 11.6. The molecule has 0 atom stereocenters. The first-order valence-electron chi connectivity index (χ1n) is 6.48. The van der Waals surface area contributed by atoms with Gasteiger partial charge in [0.15, 0.2) is 0 Å². The van der Waals surface area contributed by atoms with E-state index in [0.29, 0.717) is 23.5 Å². The fourth-order valence-electron chi connectivity index (χ4n) is 2.14. The Morgan fingerprint density at radius 3 is 2.84 bits per heavy atom. The number of nitrogens with zero attached hydrogens (tertiary/aromatic N) is 2. The first-order chi connectivity index (χ1) is 8.95. The number of ether oxygens (including phenoxy) is 1. The molecule has 1 N–H and O–H groups in total. The third-order valence-corrected chi connectivity index (χ3v) is 4.31. The standard InChI is InChI=1S/C13H20BrN3O2/c1-13(2,9-4-5-9)16-10-8-15-17(6-7-19-3)12(18)11(10)14/h8-9,16H,4-7H2,1-3H3. The van der Waals surface area contributed by atoms with Crippen molar-refractivity contribution in [2.45, 2.75) is 38.8 Å². The molecule has 0 aromatic carbocycles. The number of hydrogen-bond acceptors (Lipinski definition) is 4. The lowest BCUT2D eigenvalue weighted by molar-refractivity contribution is 0.181. The van der Waals surface area contributed by atoms with Crippen molar-refractivity contribution < 1.29 is 4.74 Å². The molecule has 1 aromatic heterocycles. The average Bonchev–Trinajstić information content (AvgIpc) is 3.18. The lowest BCUT2D eigenvalue weighted by Gasteiger charge is -2.27. The van der Waals surface area contributed by atoms with Gasteiger partial charge < -0.3 is 10.1 Å². The van der Waals surface area contributed by atoms with E-state index in [4.69, 9.17) is 4.74 Å². The molecule has 0 spiro atoms. The van der Waals surface area contributed by atoms with Crippen LogP contribution in [-0.4, -0.2) is 29.0 Å². The van der Waals surface area contributed by atoms with Crippen LogP contribution in [0.3, 0.4) is 0 Å². The average molecular weight is 330 g/mol. The lowest BCUT2D eigenvalue weighted by Crippen LogP contribution is -2.35. The SMILES string of the molecule is COCCn1ncc(NC(C)(C)C2CC2)c(Br)c1=O. The number of rotatable bonds is 6. The minimum atomic E-state index is -0.131. The van der Waals surface area contributed by atoms with Gasteiger partial charge in [0.25, 0.3) is 5.56 Å². The van der Waals surface area contributed by atoms with Crippen molar-refractivity contribution in [3.8, 4) is 0 Å². The number of aromatic nitrogens is 2. The van der Waals surface area contributed by atoms with Crippen LogP contribution in [0.4, 0.5) is 5.69 Å². The van der Waals surface area contributed by atoms with Crippen molar-refractivity contribution in [2.75, 3.05) is 19.0 Å². The highest BCUT2D eigenvalue weighted by Gasteiger charge is 2.38. The molecule has 0 saturated heterocycles.